The van der Waals surface area contributed by atoms with E-state index in [1.165, 1.54) is 16.8 Å². The summed E-state index contributed by atoms with van der Waals surface area (Å²) in [4.78, 5) is 24.7. The lowest BCUT2D eigenvalue weighted by Gasteiger charge is -2.14. The average Bonchev–Trinajstić information content (AvgIpc) is 2.88. The standard InChI is InChI=1S/C10H12N2O4/c13-4-10-3-6(10)8(16-5-10)12-2-1-7(14)11-9(12)15/h1-2,6,8,13H,3-5H2,(H,11,14,15)/t6-,8-,10-/m1/s1. The Bertz CT molecular complexity index is 534. The Morgan fingerprint density at radius 1 is 1.62 bits per heavy atom. The average molecular weight is 224 g/mol. The monoisotopic (exact) mass is 224 g/mol. The lowest BCUT2D eigenvalue weighted by molar-refractivity contribution is 0.0138. The van der Waals surface area contributed by atoms with Crippen molar-refractivity contribution < 1.29 is 9.84 Å². The predicted molar refractivity (Wildman–Crippen MR) is 53.9 cm³/mol. The van der Waals surface area contributed by atoms with Crippen molar-refractivity contribution in [2.24, 2.45) is 11.3 Å². The summed E-state index contributed by atoms with van der Waals surface area (Å²) in [5, 5.41) is 9.22. The molecule has 1 saturated carbocycles. The Morgan fingerprint density at radius 2 is 2.44 bits per heavy atom. The van der Waals surface area contributed by atoms with Gasteiger partial charge in [-0.15, -0.1) is 0 Å². The van der Waals surface area contributed by atoms with Crippen LogP contribution >= 0.6 is 0 Å². The van der Waals surface area contributed by atoms with Crippen LogP contribution in [0, 0.1) is 11.3 Å². The summed E-state index contributed by atoms with van der Waals surface area (Å²) in [5.74, 6) is 0.182. The van der Waals surface area contributed by atoms with Crippen molar-refractivity contribution >= 4 is 0 Å². The second-order valence-electron chi connectivity index (χ2n) is 4.55. The van der Waals surface area contributed by atoms with Gasteiger partial charge >= 0.3 is 5.69 Å². The number of aromatic nitrogens is 2. The second-order valence-corrected chi connectivity index (χ2v) is 4.55. The van der Waals surface area contributed by atoms with E-state index in [9.17, 15) is 14.7 Å². The molecule has 1 aromatic heterocycles. The normalized spacial score (nSPS) is 36.1. The number of hydrogen-bond donors (Lipinski definition) is 2. The Kier molecular flexibility index (Phi) is 1.87. The van der Waals surface area contributed by atoms with E-state index in [-0.39, 0.29) is 24.2 Å². The summed E-state index contributed by atoms with van der Waals surface area (Å²) < 4.78 is 6.88. The second kappa shape index (κ2) is 3.05. The smallest absolute Gasteiger partial charge is 0.330 e. The first-order valence-corrected chi connectivity index (χ1v) is 5.20. The highest BCUT2D eigenvalue weighted by Crippen LogP contribution is 2.62. The molecule has 1 aliphatic carbocycles. The van der Waals surface area contributed by atoms with Gasteiger partial charge in [0.15, 0.2) is 0 Å². The number of aromatic amines is 1. The van der Waals surface area contributed by atoms with Crippen molar-refractivity contribution in [3.05, 3.63) is 33.1 Å². The molecule has 16 heavy (non-hydrogen) atoms. The molecule has 2 heterocycles. The quantitative estimate of drug-likeness (QED) is 0.679. The molecule has 1 aliphatic heterocycles. The fraction of sp³-hybridized carbons (Fsp3) is 0.600. The van der Waals surface area contributed by atoms with Gasteiger partial charge in [0.1, 0.15) is 6.23 Å². The highest BCUT2D eigenvalue weighted by molar-refractivity contribution is 5.09. The number of aliphatic hydroxyl groups excluding tert-OH is 1. The molecule has 3 atom stereocenters. The van der Waals surface area contributed by atoms with Gasteiger partial charge < -0.3 is 9.84 Å². The van der Waals surface area contributed by atoms with Crippen LogP contribution in [0.3, 0.4) is 0 Å². The van der Waals surface area contributed by atoms with Crippen molar-refractivity contribution in [2.75, 3.05) is 13.2 Å². The molecule has 0 bridgehead atoms. The maximum absolute atomic E-state index is 11.5. The van der Waals surface area contributed by atoms with Crippen LogP contribution in [0.2, 0.25) is 0 Å². The van der Waals surface area contributed by atoms with Crippen molar-refractivity contribution in [1.82, 2.24) is 9.55 Å². The van der Waals surface area contributed by atoms with Crippen LogP contribution in [0.1, 0.15) is 12.6 Å². The zero-order valence-electron chi connectivity index (χ0n) is 8.55. The minimum absolute atomic E-state index is 0.0896. The van der Waals surface area contributed by atoms with Crippen LogP contribution < -0.4 is 11.2 Å². The molecule has 6 nitrogen and oxygen atoms in total. The molecule has 0 radical (unpaired) electrons. The molecule has 1 aromatic rings. The number of nitrogens with one attached hydrogen (secondary N) is 1. The topological polar surface area (TPSA) is 84.3 Å². The van der Waals surface area contributed by atoms with E-state index in [1.54, 1.807) is 0 Å². The Balaban J connectivity index is 1.95. The van der Waals surface area contributed by atoms with Crippen molar-refractivity contribution in [3.63, 3.8) is 0 Å². The van der Waals surface area contributed by atoms with E-state index in [4.69, 9.17) is 4.74 Å². The van der Waals surface area contributed by atoms with Crippen LogP contribution in [-0.4, -0.2) is 27.9 Å². The van der Waals surface area contributed by atoms with Crippen LogP contribution in [0.4, 0.5) is 0 Å². The van der Waals surface area contributed by atoms with E-state index in [2.05, 4.69) is 4.98 Å². The van der Waals surface area contributed by atoms with Crippen molar-refractivity contribution in [2.45, 2.75) is 12.6 Å². The zero-order chi connectivity index (χ0) is 11.3. The molecule has 3 rings (SSSR count). The Hall–Kier alpha value is -1.40. The zero-order valence-corrected chi connectivity index (χ0v) is 8.55. The van der Waals surface area contributed by atoms with Gasteiger partial charge in [0.25, 0.3) is 5.56 Å². The summed E-state index contributed by atoms with van der Waals surface area (Å²) >= 11 is 0. The van der Waals surface area contributed by atoms with E-state index in [1.807, 2.05) is 0 Å². The van der Waals surface area contributed by atoms with Crippen molar-refractivity contribution in [3.8, 4) is 0 Å². The molecule has 0 unspecified atom stereocenters. The molecular formula is C10H12N2O4. The van der Waals surface area contributed by atoms with Gasteiger partial charge in [0.2, 0.25) is 0 Å². The lowest BCUT2D eigenvalue weighted by atomic mass is 10.1. The minimum atomic E-state index is -0.460. The highest BCUT2D eigenvalue weighted by Gasteiger charge is 2.63. The fourth-order valence-corrected chi connectivity index (χ4v) is 2.45. The summed E-state index contributed by atoms with van der Waals surface area (Å²) in [6.07, 6.45) is 1.97. The largest absolute Gasteiger partial charge is 0.396 e. The highest BCUT2D eigenvalue weighted by atomic mass is 16.5. The van der Waals surface area contributed by atoms with Gasteiger partial charge in [-0.05, 0) is 6.42 Å². The first-order valence-electron chi connectivity index (χ1n) is 5.20. The summed E-state index contributed by atoms with van der Waals surface area (Å²) in [7, 11) is 0. The molecule has 0 aromatic carbocycles. The van der Waals surface area contributed by atoms with Gasteiger partial charge in [0.05, 0.1) is 13.2 Å². The van der Waals surface area contributed by atoms with Crippen LogP contribution in [0.25, 0.3) is 0 Å². The number of fused-ring (bicyclic) bond motifs is 1. The molecule has 2 fully saturated rings. The third kappa shape index (κ3) is 1.20. The van der Waals surface area contributed by atoms with Crippen molar-refractivity contribution in [1.29, 1.82) is 0 Å². The fourth-order valence-electron chi connectivity index (χ4n) is 2.45. The molecule has 0 spiro atoms. The summed E-state index contributed by atoms with van der Waals surface area (Å²) in [6, 6.07) is 1.30. The molecule has 1 saturated heterocycles. The molecule has 6 heteroatoms. The minimum Gasteiger partial charge on any atom is -0.396 e. The Morgan fingerprint density at radius 3 is 3.00 bits per heavy atom. The SMILES string of the molecule is O=c1ccn([C@@H]2OC[C@]3(CO)C[C@H]23)c(=O)[nH]1. The molecule has 86 valence electrons. The Labute approximate surface area is 90.5 Å². The number of nitrogens with zero attached hydrogens (tertiary/aromatic N) is 1. The first kappa shape index (κ1) is 9.80. The first-order chi connectivity index (χ1) is 7.66. The number of H-pyrrole nitrogens is 1. The summed E-state index contributed by atoms with van der Waals surface area (Å²) in [5.41, 5.74) is -1.03. The number of rotatable bonds is 2. The maximum atomic E-state index is 11.5. The van der Waals surface area contributed by atoms with Crippen LogP contribution in [0.5, 0.6) is 0 Å². The van der Waals surface area contributed by atoms with E-state index in [0.29, 0.717) is 6.61 Å². The molecular weight excluding hydrogens is 212 g/mol. The maximum Gasteiger partial charge on any atom is 0.330 e. The van der Waals surface area contributed by atoms with E-state index in [0.717, 1.165) is 6.42 Å². The number of aliphatic hydroxyl groups is 1. The predicted octanol–water partition coefficient (Wildman–Crippen LogP) is -0.936. The number of hydrogen-bond acceptors (Lipinski definition) is 4. The summed E-state index contributed by atoms with van der Waals surface area (Å²) in [6.45, 7) is 0.566. The van der Waals surface area contributed by atoms with E-state index >= 15 is 0 Å². The molecule has 0 amide bonds. The number of ether oxygens (including phenoxy) is 1. The molecule has 2 aliphatic rings. The molecule has 2 N–H and O–H groups in total. The van der Waals surface area contributed by atoms with Gasteiger partial charge in [-0.1, -0.05) is 0 Å². The van der Waals surface area contributed by atoms with Gasteiger partial charge in [-0.3, -0.25) is 14.3 Å². The van der Waals surface area contributed by atoms with Crippen LogP contribution in [0.15, 0.2) is 21.9 Å². The lowest BCUT2D eigenvalue weighted by Crippen LogP contribution is -2.32. The van der Waals surface area contributed by atoms with E-state index < -0.39 is 11.2 Å². The third-order valence-corrected chi connectivity index (χ3v) is 3.58. The van der Waals surface area contributed by atoms with Gasteiger partial charge in [-0.25, -0.2) is 4.79 Å². The van der Waals surface area contributed by atoms with Crippen LogP contribution in [-0.2, 0) is 4.74 Å². The van der Waals surface area contributed by atoms with Gasteiger partial charge in [-0.2, -0.15) is 0 Å². The third-order valence-electron chi connectivity index (χ3n) is 3.58. The van der Waals surface area contributed by atoms with Gasteiger partial charge in [0, 0.05) is 23.6 Å².